The second-order valence-electron chi connectivity index (χ2n) is 5.28. The van der Waals surface area contributed by atoms with Crippen LogP contribution in [0.15, 0.2) is 12.1 Å². The average Bonchev–Trinajstić information content (AvgIpc) is 2.40. The fourth-order valence-corrected chi connectivity index (χ4v) is 2.58. The van der Waals surface area contributed by atoms with Crippen LogP contribution >= 0.6 is 0 Å². The molecule has 0 fully saturated rings. The van der Waals surface area contributed by atoms with Crippen molar-refractivity contribution in [3.05, 3.63) is 35.1 Å². The molecule has 1 nitrogen and oxygen atoms in total. The summed E-state index contributed by atoms with van der Waals surface area (Å²) < 4.78 is 40.6. The first kappa shape index (κ1) is 17.0. The van der Waals surface area contributed by atoms with Crippen LogP contribution in [0.5, 0.6) is 0 Å². The standard InChI is InChI=1S/C16H24F3N/c1-4-6-7-11(5-2)8-15(20-3)16-13(18)9-12(17)10-14(16)19/h9-11,15,20H,4-8H2,1-3H3. The van der Waals surface area contributed by atoms with E-state index in [1.54, 1.807) is 7.05 Å². The number of halogens is 3. The summed E-state index contributed by atoms with van der Waals surface area (Å²) in [6, 6.07) is 1.07. The summed E-state index contributed by atoms with van der Waals surface area (Å²) >= 11 is 0. The zero-order valence-electron chi connectivity index (χ0n) is 12.5. The van der Waals surface area contributed by atoms with Crippen LogP contribution in [0, 0.1) is 23.4 Å². The molecule has 4 heteroatoms. The molecule has 0 heterocycles. The Morgan fingerprint density at radius 1 is 1.10 bits per heavy atom. The maximum Gasteiger partial charge on any atom is 0.133 e. The van der Waals surface area contributed by atoms with E-state index in [1.807, 2.05) is 0 Å². The molecule has 0 aliphatic carbocycles. The van der Waals surface area contributed by atoms with Gasteiger partial charge in [0, 0.05) is 23.7 Å². The van der Waals surface area contributed by atoms with Gasteiger partial charge < -0.3 is 5.32 Å². The second-order valence-corrected chi connectivity index (χ2v) is 5.28. The van der Waals surface area contributed by atoms with Crippen LogP contribution in [0.3, 0.4) is 0 Å². The van der Waals surface area contributed by atoms with Gasteiger partial charge in [-0.15, -0.1) is 0 Å². The minimum absolute atomic E-state index is 0.0520. The molecule has 1 rings (SSSR count). The quantitative estimate of drug-likeness (QED) is 0.711. The topological polar surface area (TPSA) is 12.0 Å². The van der Waals surface area contributed by atoms with E-state index >= 15 is 0 Å². The molecule has 1 aromatic rings. The van der Waals surface area contributed by atoms with E-state index in [-0.39, 0.29) is 5.56 Å². The predicted octanol–water partition coefficient (Wildman–Crippen LogP) is 4.97. The molecular formula is C16H24F3N. The van der Waals surface area contributed by atoms with Gasteiger partial charge in [-0.1, -0.05) is 39.5 Å². The Morgan fingerprint density at radius 2 is 1.70 bits per heavy atom. The molecule has 20 heavy (non-hydrogen) atoms. The normalized spacial score (nSPS) is 14.3. The molecule has 2 unspecified atom stereocenters. The Labute approximate surface area is 119 Å². The number of unbranched alkanes of at least 4 members (excludes halogenated alkanes) is 1. The van der Waals surface area contributed by atoms with E-state index in [9.17, 15) is 13.2 Å². The molecule has 0 saturated carbocycles. The molecule has 0 saturated heterocycles. The van der Waals surface area contributed by atoms with Crippen LogP contribution in [0.1, 0.15) is 57.6 Å². The summed E-state index contributed by atoms with van der Waals surface area (Å²) in [5, 5.41) is 2.96. The van der Waals surface area contributed by atoms with Crippen LogP contribution in [-0.4, -0.2) is 7.05 Å². The van der Waals surface area contributed by atoms with Crippen molar-refractivity contribution >= 4 is 0 Å². The Balaban J connectivity index is 2.90. The predicted molar refractivity (Wildman–Crippen MR) is 76.0 cm³/mol. The summed E-state index contributed by atoms with van der Waals surface area (Å²) in [7, 11) is 1.68. The molecule has 0 aromatic heterocycles. The summed E-state index contributed by atoms with van der Waals surface area (Å²) in [5.74, 6) is -2.09. The lowest BCUT2D eigenvalue weighted by Gasteiger charge is -2.23. The van der Waals surface area contributed by atoms with Gasteiger partial charge in [0.25, 0.3) is 0 Å². The zero-order chi connectivity index (χ0) is 15.1. The first-order chi connectivity index (χ1) is 9.53. The molecule has 114 valence electrons. The third-order valence-electron chi connectivity index (χ3n) is 3.85. The van der Waals surface area contributed by atoms with Gasteiger partial charge in [0.15, 0.2) is 0 Å². The maximum absolute atomic E-state index is 13.8. The SMILES string of the molecule is CCCCC(CC)CC(NC)c1c(F)cc(F)cc1F. The molecule has 2 atom stereocenters. The number of nitrogens with one attached hydrogen (secondary N) is 1. The molecule has 1 N–H and O–H groups in total. The monoisotopic (exact) mass is 287 g/mol. The summed E-state index contributed by atoms with van der Waals surface area (Å²) in [6.45, 7) is 4.21. The fraction of sp³-hybridized carbons (Fsp3) is 0.625. The largest absolute Gasteiger partial charge is 0.313 e. The molecule has 0 amide bonds. The van der Waals surface area contributed by atoms with Crippen molar-refractivity contribution in [1.82, 2.24) is 5.32 Å². The van der Waals surface area contributed by atoms with Gasteiger partial charge in [-0.05, 0) is 19.4 Å². The van der Waals surface area contributed by atoms with Crippen molar-refractivity contribution in [3.63, 3.8) is 0 Å². The molecule has 0 aliphatic rings. The van der Waals surface area contributed by atoms with E-state index in [4.69, 9.17) is 0 Å². The highest BCUT2D eigenvalue weighted by atomic mass is 19.1. The van der Waals surface area contributed by atoms with Gasteiger partial charge in [0.05, 0.1) is 0 Å². The number of hydrogen-bond acceptors (Lipinski definition) is 1. The number of hydrogen-bond donors (Lipinski definition) is 1. The lowest BCUT2D eigenvalue weighted by atomic mass is 9.89. The first-order valence-corrected chi connectivity index (χ1v) is 7.35. The molecule has 0 aliphatic heterocycles. The van der Waals surface area contributed by atoms with Crippen molar-refractivity contribution in [2.24, 2.45) is 5.92 Å². The summed E-state index contributed by atoms with van der Waals surface area (Å²) in [4.78, 5) is 0. The van der Waals surface area contributed by atoms with Crippen LogP contribution in [0.2, 0.25) is 0 Å². The fourth-order valence-electron chi connectivity index (χ4n) is 2.58. The molecule has 0 radical (unpaired) electrons. The maximum atomic E-state index is 13.8. The van der Waals surface area contributed by atoms with Crippen LogP contribution < -0.4 is 5.32 Å². The highest BCUT2D eigenvalue weighted by Gasteiger charge is 2.22. The Bertz CT molecular complexity index is 397. The van der Waals surface area contributed by atoms with Gasteiger partial charge in [0.2, 0.25) is 0 Å². The highest BCUT2D eigenvalue weighted by Crippen LogP contribution is 2.30. The zero-order valence-corrected chi connectivity index (χ0v) is 12.5. The molecule has 0 bridgehead atoms. The van der Waals surface area contributed by atoms with E-state index in [1.165, 1.54) is 0 Å². The van der Waals surface area contributed by atoms with Crippen molar-refractivity contribution < 1.29 is 13.2 Å². The highest BCUT2D eigenvalue weighted by molar-refractivity contribution is 5.24. The lowest BCUT2D eigenvalue weighted by Crippen LogP contribution is -2.22. The van der Waals surface area contributed by atoms with E-state index < -0.39 is 23.5 Å². The second kappa shape index (κ2) is 8.30. The third kappa shape index (κ3) is 4.51. The first-order valence-electron chi connectivity index (χ1n) is 7.35. The molecule has 0 spiro atoms. The molecular weight excluding hydrogens is 263 g/mol. The van der Waals surface area contributed by atoms with Gasteiger partial charge in [-0.2, -0.15) is 0 Å². The van der Waals surface area contributed by atoms with Crippen LogP contribution in [0.25, 0.3) is 0 Å². The van der Waals surface area contributed by atoms with Gasteiger partial charge in [-0.3, -0.25) is 0 Å². The van der Waals surface area contributed by atoms with Gasteiger partial charge in [-0.25, -0.2) is 13.2 Å². The van der Waals surface area contributed by atoms with Crippen LogP contribution in [0.4, 0.5) is 13.2 Å². The van der Waals surface area contributed by atoms with Crippen LogP contribution in [-0.2, 0) is 0 Å². The minimum Gasteiger partial charge on any atom is -0.313 e. The van der Waals surface area contributed by atoms with Crippen molar-refractivity contribution in [1.29, 1.82) is 0 Å². The van der Waals surface area contributed by atoms with Crippen molar-refractivity contribution in [2.75, 3.05) is 7.05 Å². The van der Waals surface area contributed by atoms with E-state index in [0.717, 1.165) is 37.8 Å². The smallest absolute Gasteiger partial charge is 0.133 e. The molecule has 1 aromatic carbocycles. The Hall–Kier alpha value is -1.03. The van der Waals surface area contributed by atoms with Gasteiger partial charge in [0.1, 0.15) is 17.5 Å². The van der Waals surface area contributed by atoms with E-state index in [2.05, 4.69) is 19.2 Å². The summed E-state index contributed by atoms with van der Waals surface area (Å²) in [6.07, 6.45) is 4.91. The average molecular weight is 287 g/mol. The Morgan fingerprint density at radius 3 is 2.15 bits per heavy atom. The minimum atomic E-state index is -0.878. The van der Waals surface area contributed by atoms with Gasteiger partial charge >= 0.3 is 0 Å². The summed E-state index contributed by atoms with van der Waals surface area (Å²) in [5.41, 5.74) is -0.0520. The van der Waals surface area contributed by atoms with Crippen molar-refractivity contribution in [2.45, 2.75) is 52.0 Å². The van der Waals surface area contributed by atoms with E-state index in [0.29, 0.717) is 12.3 Å². The number of benzene rings is 1. The Kier molecular flexibility index (Phi) is 7.06. The van der Waals surface area contributed by atoms with Crippen molar-refractivity contribution in [3.8, 4) is 0 Å². The lowest BCUT2D eigenvalue weighted by molar-refractivity contribution is 0.350. The number of rotatable bonds is 8. The third-order valence-corrected chi connectivity index (χ3v) is 3.85.